The average Bonchev–Trinajstić information content (AvgIpc) is 2.58. The zero-order valence-electron chi connectivity index (χ0n) is 7.82. The molecule has 0 saturated heterocycles. The number of rotatable bonds is 2. The quantitative estimate of drug-likeness (QED) is 0.863. The summed E-state index contributed by atoms with van der Waals surface area (Å²) in [5.41, 5.74) is 7.53. The zero-order chi connectivity index (χ0) is 10.8. The molecular formula is C10H9BrClN3. The maximum Gasteiger partial charge on any atom is 0.0680 e. The maximum absolute atomic E-state index is 5.89. The smallest absolute Gasteiger partial charge is 0.0680 e. The number of nitrogen functional groups attached to an aromatic ring is 1. The first-order valence-electron chi connectivity index (χ1n) is 4.37. The minimum Gasteiger partial charge on any atom is -0.398 e. The van der Waals surface area contributed by atoms with Crippen LogP contribution in [0, 0.1) is 0 Å². The number of nitrogens with two attached hydrogens (primary N) is 1. The molecule has 78 valence electrons. The van der Waals surface area contributed by atoms with Gasteiger partial charge in [-0.3, -0.25) is 4.68 Å². The van der Waals surface area contributed by atoms with Crippen molar-refractivity contribution in [3.8, 4) is 0 Å². The molecule has 3 nitrogen and oxygen atoms in total. The molecule has 0 bridgehead atoms. The summed E-state index contributed by atoms with van der Waals surface area (Å²) >= 11 is 9.23. The number of aromatic nitrogens is 2. The molecule has 1 aromatic heterocycles. The SMILES string of the molecule is Nc1ccc(Cl)cc1Cn1cc(Br)cn1. The highest BCUT2D eigenvalue weighted by Gasteiger charge is 2.02. The third kappa shape index (κ3) is 2.52. The summed E-state index contributed by atoms with van der Waals surface area (Å²) in [7, 11) is 0. The van der Waals surface area contributed by atoms with Gasteiger partial charge in [0.2, 0.25) is 0 Å². The molecule has 0 spiro atoms. The van der Waals surface area contributed by atoms with Crippen molar-refractivity contribution in [1.29, 1.82) is 0 Å². The van der Waals surface area contributed by atoms with E-state index in [4.69, 9.17) is 17.3 Å². The molecule has 1 aromatic carbocycles. The number of nitrogens with zero attached hydrogens (tertiary/aromatic N) is 2. The van der Waals surface area contributed by atoms with Gasteiger partial charge in [0.25, 0.3) is 0 Å². The highest BCUT2D eigenvalue weighted by molar-refractivity contribution is 9.10. The first-order valence-corrected chi connectivity index (χ1v) is 5.54. The third-order valence-electron chi connectivity index (χ3n) is 2.04. The summed E-state index contributed by atoms with van der Waals surface area (Å²) in [5.74, 6) is 0. The van der Waals surface area contributed by atoms with E-state index in [9.17, 15) is 0 Å². The molecule has 0 saturated carbocycles. The van der Waals surface area contributed by atoms with Crippen LogP contribution in [0.4, 0.5) is 5.69 Å². The van der Waals surface area contributed by atoms with Gasteiger partial charge in [-0.25, -0.2) is 0 Å². The Hall–Kier alpha value is -1.00. The van der Waals surface area contributed by atoms with Crippen LogP contribution in [0.3, 0.4) is 0 Å². The van der Waals surface area contributed by atoms with Gasteiger partial charge in [-0.1, -0.05) is 11.6 Å². The van der Waals surface area contributed by atoms with Crippen LogP contribution in [0.25, 0.3) is 0 Å². The van der Waals surface area contributed by atoms with E-state index in [0.29, 0.717) is 11.6 Å². The Morgan fingerprint density at radius 2 is 2.27 bits per heavy atom. The van der Waals surface area contributed by atoms with Gasteiger partial charge in [0, 0.05) is 16.9 Å². The molecular weight excluding hydrogens is 277 g/mol. The second-order valence-electron chi connectivity index (χ2n) is 3.20. The van der Waals surface area contributed by atoms with Crippen LogP contribution in [-0.2, 0) is 6.54 Å². The van der Waals surface area contributed by atoms with E-state index in [-0.39, 0.29) is 0 Å². The fourth-order valence-electron chi connectivity index (χ4n) is 1.31. The Morgan fingerprint density at radius 3 is 2.93 bits per heavy atom. The third-order valence-corrected chi connectivity index (χ3v) is 2.68. The molecule has 1 heterocycles. The number of benzene rings is 1. The minimum atomic E-state index is 0.623. The van der Waals surface area contributed by atoms with Gasteiger partial charge in [-0.05, 0) is 39.7 Å². The summed E-state index contributed by atoms with van der Waals surface area (Å²) in [6.07, 6.45) is 3.63. The van der Waals surface area contributed by atoms with Crippen LogP contribution in [0.1, 0.15) is 5.56 Å². The van der Waals surface area contributed by atoms with E-state index in [1.165, 1.54) is 0 Å². The van der Waals surface area contributed by atoms with E-state index >= 15 is 0 Å². The van der Waals surface area contributed by atoms with Crippen LogP contribution >= 0.6 is 27.5 Å². The minimum absolute atomic E-state index is 0.623. The Kier molecular flexibility index (Phi) is 2.98. The lowest BCUT2D eigenvalue weighted by Gasteiger charge is -2.06. The number of hydrogen-bond donors (Lipinski definition) is 1. The number of anilines is 1. The Morgan fingerprint density at radius 1 is 1.47 bits per heavy atom. The maximum atomic E-state index is 5.89. The van der Waals surface area contributed by atoms with E-state index in [2.05, 4.69) is 21.0 Å². The molecule has 0 atom stereocenters. The van der Waals surface area contributed by atoms with Crippen molar-refractivity contribution in [2.45, 2.75) is 6.54 Å². The van der Waals surface area contributed by atoms with E-state index < -0.39 is 0 Å². The molecule has 0 amide bonds. The molecule has 2 N–H and O–H groups in total. The highest BCUT2D eigenvalue weighted by atomic mass is 79.9. The van der Waals surface area contributed by atoms with Crippen LogP contribution in [-0.4, -0.2) is 9.78 Å². The summed E-state index contributed by atoms with van der Waals surface area (Å²) in [5, 5.41) is 4.84. The molecule has 15 heavy (non-hydrogen) atoms. The van der Waals surface area contributed by atoms with Crippen molar-refractivity contribution >= 4 is 33.2 Å². The number of halogens is 2. The Labute approximate surface area is 101 Å². The molecule has 5 heteroatoms. The van der Waals surface area contributed by atoms with Gasteiger partial charge in [0.1, 0.15) is 0 Å². The zero-order valence-corrected chi connectivity index (χ0v) is 10.2. The Bertz CT molecular complexity index is 481. The molecule has 0 unspecified atom stereocenters. The Balaban J connectivity index is 2.27. The first kappa shape index (κ1) is 10.5. The second kappa shape index (κ2) is 4.24. The molecule has 0 aliphatic carbocycles. The van der Waals surface area contributed by atoms with Crippen LogP contribution in [0.5, 0.6) is 0 Å². The van der Waals surface area contributed by atoms with Crippen molar-refractivity contribution in [2.24, 2.45) is 0 Å². The van der Waals surface area contributed by atoms with Crippen molar-refractivity contribution in [1.82, 2.24) is 9.78 Å². The largest absolute Gasteiger partial charge is 0.398 e. The molecule has 0 radical (unpaired) electrons. The van der Waals surface area contributed by atoms with Gasteiger partial charge in [0.05, 0.1) is 17.2 Å². The highest BCUT2D eigenvalue weighted by Crippen LogP contribution is 2.19. The summed E-state index contributed by atoms with van der Waals surface area (Å²) in [6.45, 7) is 0.623. The molecule has 0 aliphatic rings. The molecule has 2 aromatic rings. The molecule has 0 aliphatic heterocycles. The van der Waals surface area contributed by atoms with Gasteiger partial charge in [0.15, 0.2) is 0 Å². The van der Waals surface area contributed by atoms with Crippen LogP contribution in [0.2, 0.25) is 5.02 Å². The number of hydrogen-bond acceptors (Lipinski definition) is 2. The summed E-state index contributed by atoms with van der Waals surface area (Å²) < 4.78 is 2.75. The first-order chi connectivity index (χ1) is 7.15. The summed E-state index contributed by atoms with van der Waals surface area (Å²) in [4.78, 5) is 0. The standard InChI is InChI=1S/C10H9BrClN3/c11-8-4-14-15(6-8)5-7-3-9(12)1-2-10(7)13/h1-4,6H,5,13H2. The van der Waals surface area contributed by atoms with Gasteiger partial charge >= 0.3 is 0 Å². The van der Waals surface area contributed by atoms with E-state index in [1.54, 1.807) is 23.0 Å². The van der Waals surface area contributed by atoms with Crippen molar-refractivity contribution < 1.29 is 0 Å². The monoisotopic (exact) mass is 285 g/mol. The predicted molar refractivity (Wildman–Crippen MR) is 64.9 cm³/mol. The normalized spacial score (nSPS) is 10.5. The topological polar surface area (TPSA) is 43.8 Å². The van der Waals surface area contributed by atoms with Crippen molar-refractivity contribution in [2.75, 3.05) is 5.73 Å². The lowest BCUT2D eigenvalue weighted by atomic mass is 10.2. The molecule has 2 rings (SSSR count). The van der Waals surface area contributed by atoms with E-state index in [0.717, 1.165) is 15.7 Å². The fraction of sp³-hybridized carbons (Fsp3) is 0.100. The van der Waals surface area contributed by atoms with Gasteiger partial charge in [-0.2, -0.15) is 5.10 Å². The van der Waals surface area contributed by atoms with Crippen molar-refractivity contribution in [3.05, 3.63) is 45.7 Å². The summed E-state index contributed by atoms with van der Waals surface area (Å²) in [6, 6.07) is 5.43. The lowest BCUT2D eigenvalue weighted by Crippen LogP contribution is -2.03. The van der Waals surface area contributed by atoms with Gasteiger partial charge < -0.3 is 5.73 Å². The van der Waals surface area contributed by atoms with Crippen LogP contribution in [0.15, 0.2) is 35.1 Å². The van der Waals surface area contributed by atoms with Gasteiger partial charge in [-0.15, -0.1) is 0 Å². The lowest BCUT2D eigenvalue weighted by molar-refractivity contribution is 0.688. The predicted octanol–water partition coefficient (Wildman–Crippen LogP) is 2.93. The molecule has 0 fully saturated rings. The average molecular weight is 287 g/mol. The van der Waals surface area contributed by atoms with Crippen molar-refractivity contribution in [3.63, 3.8) is 0 Å². The second-order valence-corrected chi connectivity index (χ2v) is 4.55. The fourth-order valence-corrected chi connectivity index (χ4v) is 1.83. The van der Waals surface area contributed by atoms with Crippen LogP contribution < -0.4 is 5.73 Å². The van der Waals surface area contributed by atoms with E-state index in [1.807, 2.05) is 12.3 Å².